The first-order chi connectivity index (χ1) is 12.2. The third kappa shape index (κ3) is 3.25. The Bertz CT molecular complexity index is 905. The average Bonchev–Trinajstić information content (AvgIpc) is 3.23. The minimum Gasteiger partial charge on any atom is -0.370 e. The zero-order chi connectivity index (χ0) is 17.2. The molecule has 25 heavy (non-hydrogen) atoms. The number of amides is 1. The van der Waals surface area contributed by atoms with Gasteiger partial charge >= 0.3 is 0 Å². The molecule has 128 valence electrons. The summed E-state index contributed by atoms with van der Waals surface area (Å²) < 4.78 is 7.61. The van der Waals surface area contributed by atoms with Crippen molar-refractivity contribution < 1.29 is 9.53 Å². The van der Waals surface area contributed by atoms with Crippen LogP contribution in [0.4, 0.5) is 0 Å². The number of aryl methyl sites for hydroxylation is 1. The van der Waals surface area contributed by atoms with E-state index in [-0.39, 0.29) is 18.1 Å². The van der Waals surface area contributed by atoms with Gasteiger partial charge in [-0.2, -0.15) is 5.10 Å². The number of carbonyl (C=O) groups is 1. The summed E-state index contributed by atoms with van der Waals surface area (Å²) in [5.41, 5.74) is 2.83. The molecule has 1 aromatic carbocycles. The van der Waals surface area contributed by atoms with Crippen molar-refractivity contribution in [3.8, 4) is 0 Å². The fourth-order valence-electron chi connectivity index (χ4n) is 3.35. The maximum absolute atomic E-state index is 12.5. The summed E-state index contributed by atoms with van der Waals surface area (Å²) >= 11 is 0. The molecule has 1 aliphatic rings. The lowest BCUT2D eigenvalue weighted by atomic mass is 10.1. The number of para-hydroxylation sites is 1. The minimum atomic E-state index is -0.147. The summed E-state index contributed by atoms with van der Waals surface area (Å²) in [7, 11) is 1.89. The van der Waals surface area contributed by atoms with Gasteiger partial charge in [0.2, 0.25) is 5.91 Å². The predicted molar refractivity (Wildman–Crippen MR) is 93.9 cm³/mol. The molecule has 1 fully saturated rings. The molecule has 6 heteroatoms. The van der Waals surface area contributed by atoms with E-state index in [0.717, 1.165) is 28.6 Å². The summed E-state index contributed by atoms with van der Waals surface area (Å²) in [4.78, 5) is 16.9. The van der Waals surface area contributed by atoms with E-state index in [4.69, 9.17) is 4.74 Å². The van der Waals surface area contributed by atoms with Crippen LogP contribution in [0.5, 0.6) is 0 Å². The molecule has 1 aliphatic heterocycles. The van der Waals surface area contributed by atoms with E-state index >= 15 is 0 Å². The van der Waals surface area contributed by atoms with Crippen molar-refractivity contribution in [2.24, 2.45) is 7.05 Å². The number of fused-ring (bicyclic) bond motifs is 1. The van der Waals surface area contributed by atoms with Crippen LogP contribution >= 0.6 is 0 Å². The molecule has 0 unspecified atom stereocenters. The van der Waals surface area contributed by atoms with Crippen LogP contribution in [-0.2, 0) is 23.0 Å². The Morgan fingerprint density at radius 1 is 1.36 bits per heavy atom. The number of hydrogen-bond acceptors (Lipinski definition) is 4. The SMILES string of the molecule is Cn1nccc1[C@H]1OCC[C@@H]1NC(=O)Cc1cnc2ccccc2c1. The standard InChI is InChI=1S/C19H20N4O2/c1-23-17(6-8-21-23)19-16(7-9-25-19)22-18(24)11-13-10-14-4-2-3-5-15(14)20-12-13/h2-6,8,10,12,16,19H,7,9,11H2,1H3,(H,22,24)/t16-,19-/m0/s1. The van der Waals surface area contributed by atoms with Gasteiger partial charge in [-0.25, -0.2) is 0 Å². The highest BCUT2D eigenvalue weighted by Gasteiger charge is 2.32. The van der Waals surface area contributed by atoms with Crippen molar-refractivity contribution in [3.63, 3.8) is 0 Å². The Kier molecular flexibility index (Phi) is 4.19. The monoisotopic (exact) mass is 336 g/mol. The highest BCUT2D eigenvalue weighted by Crippen LogP contribution is 2.28. The quantitative estimate of drug-likeness (QED) is 0.793. The smallest absolute Gasteiger partial charge is 0.224 e. The number of nitrogens with one attached hydrogen (secondary N) is 1. The van der Waals surface area contributed by atoms with E-state index in [9.17, 15) is 4.79 Å². The molecule has 1 amide bonds. The lowest BCUT2D eigenvalue weighted by Crippen LogP contribution is -2.38. The summed E-state index contributed by atoms with van der Waals surface area (Å²) in [6.07, 6.45) is 4.48. The summed E-state index contributed by atoms with van der Waals surface area (Å²) in [5, 5.41) is 8.34. The van der Waals surface area contributed by atoms with Crippen molar-refractivity contribution in [3.05, 3.63) is 60.0 Å². The Morgan fingerprint density at radius 2 is 2.24 bits per heavy atom. The Labute approximate surface area is 145 Å². The molecule has 2 aromatic heterocycles. The van der Waals surface area contributed by atoms with Crippen molar-refractivity contribution in [1.29, 1.82) is 0 Å². The molecule has 0 spiro atoms. The summed E-state index contributed by atoms with van der Waals surface area (Å²) in [5.74, 6) is -0.0141. The number of nitrogens with zero attached hydrogens (tertiary/aromatic N) is 3. The van der Waals surface area contributed by atoms with Crippen LogP contribution < -0.4 is 5.32 Å². The van der Waals surface area contributed by atoms with E-state index in [1.165, 1.54) is 0 Å². The van der Waals surface area contributed by atoms with Gasteiger partial charge in [-0.05, 0) is 30.2 Å². The van der Waals surface area contributed by atoms with Crippen LogP contribution in [-0.4, -0.2) is 33.3 Å². The van der Waals surface area contributed by atoms with Gasteiger partial charge in [0.1, 0.15) is 6.10 Å². The van der Waals surface area contributed by atoms with Gasteiger partial charge in [-0.3, -0.25) is 14.5 Å². The molecule has 4 rings (SSSR count). The van der Waals surface area contributed by atoms with Gasteiger partial charge in [-0.15, -0.1) is 0 Å². The molecule has 6 nitrogen and oxygen atoms in total. The van der Waals surface area contributed by atoms with E-state index in [1.807, 2.05) is 43.4 Å². The third-order valence-corrected chi connectivity index (χ3v) is 4.60. The maximum Gasteiger partial charge on any atom is 0.224 e. The van der Waals surface area contributed by atoms with E-state index < -0.39 is 0 Å². The normalized spacial score (nSPS) is 20.0. The number of benzene rings is 1. The first-order valence-electron chi connectivity index (χ1n) is 8.43. The largest absolute Gasteiger partial charge is 0.370 e. The molecule has 3 heterocycles. The van der Waals surface area contributed by atoms with Crippen LogP contribution in [0, 0.1) is 0 Å². The summed E-state index contributed by atoms with van der Waals surface area (Å²) in [6.45, 7) is 0.637. The van der Waals surface area contributed by atoms with Gasteiger partial charge in [0.05, 0.1) is 23.7 Å². The predicted octanol–water partition coefficient (Wildman–Crippen LogP) is 2.16. The first-order valence-corrected chi connectivity index (χ1v) is 8.43. The number of pyridine rings is 1. The zero-order valence-corrected chi connectivity index (χ0v) is 14.1. The molecular formula is C19H20N4O2. The molecule has 0 bridgehead atoms. The van der Waals surface area contributed by atoms with E-state index in [2.05, 4.69) is 15.4 Å². The van der Waals surface area contributed by atoms with Gasteiger partial charge in [0, 0.05) is 31.4 Å². The van der Waals surface area contributed by atoms with Crippen molar-refractivity contribution in [2.75, 3.05) is 6.61 Å². The fraction of sp³-hybridized carbons (Fsp3) is 0.316. The molecule has 1 saturated heterocycles. The fourth-order valence-corrected chi connectivity index (χ4v) is 3.35. The first kappa shape index (κ1) is 15.8. The third-order valence-electron chi connectivity index (χ3n) is 4.60. The molecule has 1 N–H and O–H groups in total. The lowest BCUT2D eigenvalue weighted by molar-refractivity contribution is -0.121. The molecular weight excluding hydrogens is 316 g/mol. The van der Waals surface area contributed by atoms with E-state index in [0.29, 0.717) is 13.0 Å². The van der Waals surface area contributed by atoms with Crippen LogP contribution in [0.15, 0.2) is 48.8 Å². The van der Waals surface area contributed by atoms with Crippen molar-refractivity contribution >= 4 is 16.8 Å². The molecule has 0 aliphatic carbocycles. The van der Waals surface area contributed by atoms with Gasteiger partial charge < -0.3 is 10.1 Å². The summed E-state index contributed by atoms with van der Waals surface area (Å²) in [6, 6.07) is 11.8. The number of aromatic nitrogens is 3. The minimum absolute atomic E-state index is 0.0141. The van der Waals surface area contributed by atoms with Crippen LogP contribution in [0.1, 0.15) is 23.8 Å². The van der Waals surface area contributed by atoms with Crippen molar-refractivity contribution in [1.82, 2.24) is 20.1 Å². The molecule has 3 aromatic rings. The topological polar surface area (TPSA) is 69.0 Å². The second-order valence-corrected chi connectivity index (χ2v) is 6.35. The Morgan fingerprint density at radius 3 is 3.08 bits per heavy atom. The second-order valence-electron chi connectivity index (χ2n) is 6.35. The van der Waals surface area contributed by atoms with Crippen LogP contribution in [0.2, 0.25) is 0 Å². The number of ether oxygens (including phenoxy) is 1. The van der Waals surface area contributed by atoms with Gasteiger partial charge in [0.15, 0.2) is 0 Å². The molecule has 0 radical (unpaired) electrons. The number of hydrogen-bond donors (Lipinski definition) is 1. The highest BCUT2D eigenvalue weighted by molar-refractivity contribution is 5.82. The number of carbonyl (C=O) groups excluding carboxylic acids is 1. The van der Waals surface area contributed by atoms with Gasteiger partial charge in [-0.1, -0.05) is 18.2 Å². The number of rotatable bonds is 4. The molecule has 0 saturated carbocycles. The zero-order valence-electron chi connectivity index (χ0n) is 14.1. The lowest BCUT2D eigenvalue weighted by Gasteiger charge is -2.20. The molecule has 2 atom stereocenters. The van der Waals surface area contributed by atoms with Gasteiger partial charge in [0.25, 0.3) is 0 Å². The average molecular weight is 336 g/mol. The van der Waals surface area contributed by atoms with Crippen molar-refractivity contribution in [2.45, 2.75) is 25.0 Å². The second kappa shape index (κ2) is 6.64. The van der Waals surface area contributed by atoms with Crippen LogP contribution in [0.25, 0.3) is 10.9 Å². The maximum atomic E-state index is 12.5. The Balaban J connectivity index is 1.45. The Hall–Kier alpha value is -2.73. The van der Waals surface area contributed by atoms with E-state index in [1.54, 1.807) is 17.1 Å². The van der Waals surface area contributed by atoms with Crippen LogP contribution in [0.3, 0.4) is 0 Å². The highest BCUT2D eigenvalue weighted by atomic mass is 16.5.